The van der Waals surface area contributed by atoms with Gasteiger partial charge in [-0.3, -0.25) is 0 Å². The molecule has 0 aromatic rings. The van der Waals surface area contributed by atoms with Crippen LogP contribution in [0.25, 0.3) is 0 Å². The SMILES string of the molecule is O=C([O-])[O-].[Li+].[Li+].[Pr]. The molecule has 27 valence electrons. The molecule has 0 rings (SSSR count). The fraction of sp³-hybridized carbons (Fsp3) is 0. The largest absolute Gasteiger partial charge is 1.00 e. The molecule has 0 atom stereocenters. The van der Waals surface area contributed by atoms with Crippen LogP contribution in [0.15, 0.2) is 0 Å². The molecule has 0 bridgehead atoms. The van der Waals surface area contributed by atoms with Gasteiger partial charge in [0.25, 0.3) is 0 Å². The van der Waals surface area contributed by atoms with E-state index in [0.29, 0.717) is 0 Å². The van der Waals surface area contributed by atoms with E-state index in [1.54, 1.807) is 0 Å². The van der Waals surface area contributed by atoms with E-state index in [1.807, 2.05) is 0 Å². The zero-order chi connectivity index (χ0) is 3.58. The number of carbonyl (C=O) groups is 1. The van der Waals surface area contributed by atoms with E-state index in [9.17, 15) is 0 Å². The van der Waals surface area contributed by atoms with Gasteiger partial charge >= 0.3 is 37.7 Å². The van der Waals surface area contributed by atoms with Crippen molar-refractivity contribution in [2.45, 2.75) is 0 Å². The fourth-order valence-corrected chi connectivity index (χ4v) is 0. The third-order valence-corrected chi connectivity index (χ3v) is 0. The summed E-state index contributed by atoms with van der Waals surface area (Å²) in [7, 11) is 0. The second-order valence-electron chi connectivity index (χ2n) is 0.250. The maximum atomic E-state index is 8.33. The zero-order valence-corrected chi connectivity index (χ0v) is 8.01. The molecule has 0 spiro atoms. The van der Waals surface area contributed by atoms with Crippen molar-refractivity contribution in [3.63, 3.8) is 0 Å². The Hall–Kier alpha value is 1.83. The molecule has 0 heterocycles. The molecule has 0 unspecified atom stereocenters. The summed E-state index contributed by atoms with van der Waals surface area (Å²) >= 11 is 0. The molecule has 0 amide bonds. The first kappa shape index (κ1) is 23.2. The van der Waals surface area contributed by atoms with E-state index in [-0.39, 0.29) is 79.0 Å². The van der Waals surface area contributed by atoms with Crippen LogP contribution in [0.4, 0.5) is 4.79 Å². The minimum absolute atomic E-state index is 0. The maximum Gasteiger partial charge on any atom is 1.00 e. The van der Waals surface area contributed by atoms with E-state index in [2.05, 4.69) is 0 Å². The molecule has 0 aromatic heterocycles. The molecule has 0 saturated heterocycles. The molecule has 1 radical (unpaired) electrons. The van der Waals surface area contributed by atoms with E-state index >= 15 is 0 Å². The van der Waals surface area contributed by atoms with Crippen LogP contribution in [0.1, 0.15) is 0 Å². The van der Waals surface area contributed by atoms with E-state index in [4.69, 9.17) is 15.0 Å². The van der Waals surface area contributed by atoms with Gasteiger partial charge < -0.3 is 15.0 Å². The van der Waals surface area contributed by atoms with Gasteiger partial charge in [0.1, 0.15) is 0 Å². The van der Waals surface area contributed by atoms with Crippen molar-refractivity contribution in [3.05, 3.63) is 0 Å². The van der Waals surface area contributed by atoms with Gasteiger partial charge in [0.05, 0.1) is 0 Å². The third kappa shape index (κ3) is 79.5. The molecular weight excluding hydrogens is 215 g/mol. The summed E-state index contributed by atoms with van der Waals surface area (Å²) in [5.74, 6) is 0. The number of rotatable bonds is 0. The van der Waals surface area contributed by atoms with Gasteiger partial charge in [-0.2, -0.15) is 0 Å². The third-order valence-electron chi connectivity index (χ3n) is 0. The summed E-state index contributed by atoms with van der Waals surface area (Å²) in [5.41, 5.74) is 0. The summed E-state index contributed by atoms with van der Waals surface area (Å²) in [4.78, 5) is 8.33. The quantitative estimate of drug-likeness (QED) is 0.377. The molecule has 0 saturated carbocycles. The van der Waals surface area contributed by atoms with Crippen molar-refractivity contribution >= 4 is 6.16 Å². The Morgan fingerprint density at radius 3 is 1.14 bits per heavy atom. The van der Waals surface area contributed by atoms with Crippen molar-refractivity contribution in [1.82, 2.24) is 0 Å². The van der Waals surface area contributed by atoms with Gasteiger partial charge in [-0.05, 0) is 6.16 Å². The molecule has 0 fully saturated rings. The Morgan fingerprint density at radius 2 is 1.14 bits per heavy atom. The number of carboxylic acid groups (broad SMARTS) is 2. The van der Waals surface area contributed by atoms with Crippen molar-refractivity contribution in [3.8, 4) is 0 Å². The monoisotopic (exact) mass is 215 g/mol. The smallest absolute Gasteiger partial charge is 0.652 e. The number of hydrogen-bond donors (Lipinski definition) is 0. The molecule has 6 heteroatoms. The summed E-state index contributed by atoms with van der Waals surface area (Å²) in [5, 5.41) is 16.7. The van der Waals surface area contributed by atoms with Gasteiger partial charge in [0.2, 0.25) is 0 Å². The van der Waals surface area contributed by atoms with Crippen LogP contribution in [0.5, 0.6) is 0 Å². The Kier molecular flexibility index (Phi) is 51.9. The number of carbonyl (C=O) groups excluding carboxylic acids is 1. The second kappa shape index (κ2) is 15.7. The van der Waals surface area contributed by atoms with Crippen LogP contribution < -0.4 is 47.9 Å². The molecule has 0 aliphatic carbocycles. The Bertz CT molecular complexity index is 35.9. The van der Waals surface area contributed by atoms with Crippen molar-refractivity contribution in [1.29, 1.82) is 0 Å². The molecule has 0 N–H and O–H groups in total. The van der Waals surface area contributed by atoms with Gasteiger partial charge in [-0.1, -0.05) is 0 Å². The van der Waals surface area contributed by atoms with Gasteiger partial charge in [0, 0.05) is 41.3 Å². The fourth-order valence-electron chi connectivity index (χ4n) is 0. The topological polar surface area (TPSA) is 63.2 Å². The summed E-state index contributed by atoms with van der Waals surface area (Å²) in [6.07, 6.45) is -2.33. The van der Waals surface area contributed by atoms with Crippen LogP contribution in [0.3, 0.4) is 0 Å². The van der Waals surface area contributed by atoms with Gasteiger partial charge in [0.15, 0.2) is 0 Å². The van der Waals surface area contributed by atoms with Gasteiger partial charge in [-0.25, -0.2) is 0 Å². The summed E-state index contributed by atoms with van der Waals surface area (Å²) in [6.45, 7) is 0. The second-order valence-corrected chi connectivity index (χ2v) is 0.250. The number of hydrogen-bond acceptors (Lipinski definition) is 3. The van der Waals surface area contributed by atoms with Crippen molar-refractivity contribution in [2.24, 2.45) is 0 Å². The molecular formula is CLi2O3Pr. The molecule has 3 nitrogen and oxygen atoms in total. The predicted octanol–water partition coefficient (Wildman–Crippen LogP) is -8.44. The molecule has 7 heavy (non-hydrogen) atoms. The van der Waals surface area contributed by atoms with Crippen LogP contribution in [0, 0.1) is 41.3 Å². The first-order chi connectivity index (χ1) is 1.73. The maximum absolute atomic E-state index is 8.33. The van der Waals surface area contributed by atoms with Crippen LogP contribution >= 0.6 is 0 Å². The van der Waals surface area contributed by atoms with Gasteiger partial charge in [-0.15, -0.1) is 0 Å². The summed E-state index contributed by atoms with van der Waals surface area (Å²) < 4.78 is 0. The Balaban J connectivity index is -0.0000000150. The summed E-state index contributed by atoms with van der Waals surface area (Å²) in [6, 6.07) is 0. The normalized spacial score (nSPS) is 3.43. The van der Waals surface area contributed by atoms with E-state index in [1.165, 1.54) is 0 Å². The molecule has 0 aromatic carbocycles. The van der Waals surface area contributed by atoms with Crippen molar-refractivity contribution in [2.75, 3.05) is 0 Å². The predicted molar refractivity (Wildman–Crippen MR) is 5.40 cm³/mol. The standard InChI is InChI=1S/CH2O3.2Li.Pr/c2-1(3)4;;;/h(H2,2,3,4);;;/q;2*+1;/p-2. The minimum Gasteiger partial charge on any atom is -0.652 e. The first-order valence-corrected chi connectivity index (χ1v) is 0.612. The van der Waals surface area contributed by atoms with Crippen LogP contribution in [-0.2, 0) is 0 Å². The van der Waals surface area contributed by atoms with Crippen LogP contribution in [-0.4, -0.2) is 6.16 Å². The molecule has 0 aliphatic heterocycles. The average molecular weight is 215 g/mol. The Labute approximate surface area is 98.5 Å². The zero-order valence-electron chi connectivity index (χ0n) is 4.30. The van der Waals surface area contributed by atoms with E-state index in [0.717, 1.165) is 0 Å². The Morgan fingerprint density at radius 1 is 1.14 bits per heavy atom. The average Bonchev–Trinajstić information content (AvgIpc) is 0.811. The van der Waals surface area contributed by atoms with E-state index < -0.39 is 6.16 Å². The molecule has 0 aliphatic rings. The first-order valence-electron chi connectivity index (χ1n) is 0.612. The van der Waals surface area contributed by atoms with Crippen LogP contribution in [0.2, 0.25) is 0 Å². The van der Waals surface area contributed by atoms with Crippen molar-refractivity contribution < 1.29 is 94.0 Å². The minimum atomic E-state index is -2.33.